The van der Waals surface area contributed by atoms with E-state index in [2.05, 4.69) is 0 Å². The van der Waals surface area contributed by atoms with Gasteiger partial charge in [0.15, 0.2) is 0 Å². The van der Waals surface area contributed by atoms with Gasteiger partial charge in [-0.05, 0) is 37.1 Å². The van der Waals surface area contributed by atoms with E-state index < -0.39 is 17.7 Å². The number of hydrogen-bond acceptors (Lipinski definition) is 2. The lowest BCUT2D eigenvalue weighted by molar-refractivity contribution is 0.504. The van der Waals surface area contributed by atoms with Crippen LogP contribution in [0, 0.1) is 25.5 Å². The molecule has 0 bridgehead atoms. The summed E-state index contributed by atoms with van der Waals surface area (Å²) in [5.74, 6) is -0.782. The number of aryl methyl sites for hydroxylation is 2. The van der Waals surface area contributed by atoms with Crippen LogP contribution in [0.2, 0.25) is 0 Å². The van der Waals surface area contributed by atoms with E-state index in [1.54, 1.807) is 13.0 Å². The van der Waals surface area contributed by atoms with Gasteiger partial charge < -0.3 is 10.2 Å². The van der Waals surface area contributed by atoms with Crippen LogP contribution in [-0.2, 0) is 0 Å². The second-order valence-electron chi connectivity index (χ2n) is 5.24. The van der Waals surface area contributed by atoms with Gasteiger partial charge in [-0.1, -0.05) is 18.2 Å². The average Bonchev–Trinajstić information content (AvgIpc) is 2.87. The number of fused-ring (bicyclic) bond motifs is 1. The van der Waals surface area contributed by atoms with Gasteiger partial charge in [0.05, 0.1) is 6.04 Å². The van der Waals surface area contributed by atoms with Gasteiger partial charge in [-0.2, -0.15) is 0 Å². The van der Waals surface area contributed by atoms with Crippen molar-refractivity contribution in [2.75, 3.05) is 0 Å². The highest BCUT2D eigenvalue weighted by Gasteiger charge is 2.19. The Morgan fingerprint density at radius 2 is 1.76 bits per heavy atom. The SMILES string of the molecule is Cc1cc(C(N)c2cc3cccc(C)c3o2)c(F)cc1F. The predicted octanol–water partition coefficient (Wildman–Crippen LogP) is 4.38. The molecule has 0 saturated carbocycles. The van der Waals surface area contributed by atoms with Crippen molar-refractivity contribution in [2.24, 2.45) is 5.73 Å². The third kappa shape index (κ3) is 2.32. The van der Waals surface area contributed by atoms with Crippen LogP contribution >= 0.6 is 0 Å². The molecule has 1 heterocycles. The molecule has 1 unspecified atom stereocenters. The molecule has 0 aliphatic carbocycles. The lowest BCUT2D eigenvalue weighted by atomic mass is 10.0. The summed E-state index contributed by atoms with van der Waals surface area (Å²) in [6.07, 6.45) is 0. The van der Waals surface area contributed by atoms with Crippen molar-refractivity contribution in [2.45, 2.75) is 19.9 Å². The average molecular weight is 287 g/mol. The molecule has 108 valence electrons. The number of furan rings is 1. The fourth-order valence-corrected chi connectivity index (χ4v) is 2.45. The summed E-state index contributed by atoms with van der Waals surface area (Å²) in [6.45, 7) is 3.51. The number of halogens is 2. The Morgan fingerprint density at radius 1 is 1.00 bits per heavy atom. The fourth-order valence-electron chi connectivity index (χ4n) is 2.45. The quantitative estimate of drug-likeness (QED) is 0.760. The number of rotatable bonds is 2. The topological polar surface area (TPSA) is 39.2 Å². The number of hydrogen-bond donors (Lipinski definition) is 1. The summed E-state index contributed by atoms with van der Waals surface area (Å²) in [4.78, 5) is 0. The van der Waals surface area contributed by atoms with E-state index >= 15 is 0 Å². The van der Waals surface area contributed by atoms with E-state index in [1.165, 1.54) is 6.07 Å². The highest BCUT2D eigenvalue weighted by Crippen LogP contribution is 2.30. The maximum absolute atomic E-state index is 13.9. The zero-order chi connectivity index (χ0) is 15.1. The van der Waals surface area contributed by atoms with Crippen LogP contribution in [0.25, 0.3) is 11.0 Å². The van der Waals surface area contributed by atoms with Gasteiger partial charge in [0.2, 0.25) is 0 Å². The third-order valence-electron chi connectivity index (χ3n) is 3.68. The molecule has 2 aromatic carbocycles. The molecule has 0 saturated heterocycles. The van der Waals surface area contributed by atoms with Crippen LogP contribution in [0.5, 0.6) is 0 Å². The van der Waals surface area contributed by atoms with Gasteiger partial charge in [-0.15, -0.1) is 0 Å². The first-order valence-electron chi connectivity index (χ1n) is 6.67. The summed E-state index contributed by atoms with van der Waals surface area (Å²) < 4.78 is 33.0. The Labute approximate surface area is 121 Å². The molecule has 1 atom stereocenters. The zero-order valence-electron chi connectivity index (χ0n) is 11.8. The second-order valence-corrected chi connectivity index (χ2v) is 5.24. The molecule has 21 heavy (non-hydrogen) atoms. The molecular weight excluding hydrogens is 272 g/mol. The van der Waals surface area contributed by atoms with Gasteiger partial charge in [-0.3, -0.25) is 0 Å². The van der Waals surface area contributed by atoms with E-state index in [0.29, 0.717) is 11.3 Å². The summed E-state index contributed by atoms with van der Waals surface area (Å²) in [7, 11) is 0. The van der Waals surface area contributed by atoms with E-state index in [-0.39, 0.29) is 5.56 Å². The molecule has 3 aromatic rings. The molecule has 0 radical (unpaired) electrons. The molecule has 0 aliphatic rings. The lowest BCUT2D eigenvalue weighted by Gasteiger charge is -2.11. The molecular formula is C17H15F2NO. The molecule has 0 fully saturated rings. The molecule has 1 aromatic heterocycles. The third-order valence-corrected chi connectivity index (χ3v) is 3.68. The maximum atomic E-state index is 13.9. The minimum Gasteiger partial charge on any atom is -0.459 e. The molecule has 4 heteroatoms. The first-order chi connectivity index (χ1) is 9.97. The summed E-state index contributed by atoms with van der Waals surface area (Å²) >= 11 is 0. The van der Waals surface area contributed by atoms with Crippen LogP contribution in [0.15, 0.2) is 40.8 Å². The van der Waals surface area contributed by atoms with Crippen molar-refractivity contribution in [1.29, 1.82) is 0 Å². The van der Waals surface area contributed by atoms with Crippen LogP contribution in [0.4, 0.5) is 8.78 Å². The largest absolute Gasteiger partial charge is 0.459 e. The minimum absolute atomic E-state index is 0.227. The van der Waals surface area contributed by atoms with Gasteiger partial charge >= 0.3 is 0 Å². The van der Waals surface area contributed by atoms with Gasteiger partial charge in [0, 0.05) is 17.0 Å². The van der Waals surface area contributed by atoms with Gasteiger partial charge in [0.1, 0.15) is 23.0 Å². The monoisotopic (exact) mass is 287 g/mol. The first kappa shape index (κ1) is 13.8. The number of para-hydroxylation sites is 1. The lowest BCUT2D eigenvalue weighted by Crippen LogP contribution is -2.13. The second kappa shape index (κ2) is 4.97. The molecule has 0 aliphatic heterocycles. The van der Waals surface area contributed by atoms with E-state index in [9.17, 15) is 8.78 Å². The summed E-state index contributed by atoms with van der Waals surface area (Å²) in [5, 5.41) is 0.916. The van der Waals surface area contributed by atoms with Crippen molar-refractivity contribution in [3.05, 3.63) is 70.5 Å². The number of benzene rings is 2. The van der Waals surface area contributed by atoms with Crippen molar-refractivity contribution in [3.63, 3.8) is 0 Å². The highest BCUT2D eigenvalue weighted by atomic mass is 19.1. The van der Waals surface area contributed by atoms with Crippen molar-refractivity contribution in [3.8, 4) is 0 Å². The van der Waals surface area contributed by atoms with E-state index in [0.717, 1.165) is 22.6 Å². The standard InChI is InChI=1S/C17H15F2NO/c1-9-4-3-5-11-7-15(21-17(9)11)16(20)12-6-10(2)13(18)8-14(12)19/h3-8,16H,20H2,1-2H3. The van der Waals surface area contributed by atoms with Gasteiger partial charge in [0.25, 0.3) is 0 Å². The Hall–Kier alpha value is -2.20. The fraction of sp³-hybridized carbons (Fsp3) is 0.176. The van der Waals surface area contributed by atoms with E-state index in [4.69, 9.17) is 10.2 Å². The Kier molecular flexibility index (Phi) is 3.26. The molecule has 0 amide bonds. The van der Waals surface area contributed by atoms with Crippen LogP contribution < -0.4 is 5.73 Å². The normalized spacial score (nSPS) is 12.8. The van der Waals surface area contributed by atoms with Crippen molar-refractivity contribution < 1.29 is 13.2 Å². The Bertz CT molecular complexity index is 823. The van der Waals surface area contributed by atoms with Crippen molar-refractivity contribution >= 4 is 11.0 Å². The van der Waals surface area contributed by atoms with Crippen LogP contribution in [-0.4, -0.2) is 0 Å². The smallest absolute Gasteiger partial charge is 0.137 e. The van der Waals surface area contributed by atoms with Crippen LogP contribution in [0.1, 0.15) is 28.5 Å². The van der Waals surface area contributed by atoms with Crippen molar-refractivity contribution in [1.82, 2.24) is 0 Å². The molecule has 0 spiro atoms. The molecule has 2 N–H and O–H groups in total. The molecule has 3 rings (SSSR count). The maximum Gasteiger partial charge on any atom is 0.137 e. The van der Waals surface area contributed by atoms with Gasteiger partial charge in [-0.25, -0.2) is 8.78 Å². The Morgan fingerprint density at radius 3 is 2.48 bits per heavy atom. The summed E-state index contributed by atoms with van der Waals surface area (Å²) in [6, 6.07) is 9.08. The van der Waals surface area contributed by atoms with Crippen LogP contribution in [0.3, 0.4) is 0 Å². The highest BCUT2D eigenvalue weighted by molar-refractivity contribution is 5.81. The first-order valence-corrected chi connectivity index (χ1v) is 6.67. The predicted molar refractivity (Wildman–Crippen MR) is 78.1 cm³/mol. The molecule has 2 nitrogen and oxygen atoms in total. The minimum atomic E-state index is -0.768. The van der Waals surface area contributed by atoms with E-state index in [1.807, 2.05) is 25.1 Å². The zero-order valence-corrected chi connectivity index (χ0v) is 11.8. The number of nitrogens with two attached hydrogens (primary N) is 1. The summed E-state index contributed by atoms with van der Waals surface area (Å²) in [5.41, 5.74) is 8.40. The Balaban J connectivity index is 2.10.